The fraction of sp³-hybridized carbons (Fsp3) is 0.278. The summed E-state index contributed by atoms with van der Waals surface area (Å²) >= 11 is 0. The first kappa shape index (κ1) is 22.0. The Morgan fingerprint density at radius 2 is 1.79 bits per heavy atom. The Bertz CT molecular complexity index is 1010. The first-order valence-corrected chi connectivity index (χ1v) is 9.83. The van der Waals surface area contributed by atoms with Crippen molar-refractivity contribution >= 4 is 27.4 Å². The zero-order chi connectivity index (χ0) is 21.6. The monoisotopic (exact) mass is 424 g/mol. The van der Waals surface area contributed by atoms with Gasteiger partial charge in [0.05, 0.1) is 36.3 Å². The predicted molar refractivity (Wildman–Crippen MR) is 104 cm³/mol. The van der Waals surface area contributed by atoms with Crippen LogP contribution in [0.2, 0.25) is 0 Å². The topological polar surface area (TPSA) is 125 Å². The van der Waals surface area contributed by atoms with Gasteiger partial charge < -0.3 is 14.2 Å². The van der Waals surface area contributed by atoms with Crippen LogP contribution in [0.4, 0.5) is 11.4 Å². The number of ether oxygens (including phenoxy) is 3. The summed E-state index contributed by atoms with van der Waals surface area (Å²) in [5.41, 5.74) is -0.374. The minimum Gasteiger partial charge on any atom is -0.493 e. The molecule has 0 saturated carbocycles. The van der Waals surface area contributed by atoms with Crippen molar-refractivity contribution < 1.29 is 32.3 Å². The Morgan fingerprint density at radius 1 is 1.10 bits per heavy atom. The molecule has 10 nitrogen and oxygen atoms in total. The maximum Gasteiger partial charge on any atom is 0.326 e. The third-order valence-corrected chi connectivity index (χ3v) is 5.62. The molecule has 0 unspecified atom stereocenters. The number of hydrogen-bond acceptors (Lipinski definition) is 8. The van der Waals surface area contributed by atoms with Gasteiger partial charge in [-0.05, 0) is 25.1 Å². The number of rotatable bonds is 9. The first-order chi connectivity index (χ1) is 13.7. The van der Waals surface area contributed by atoms with E-state index in [1.807, 2.05) is 0 Å². The molecule has 156 valence electrons. The number of nitro benzene ring substituents is 1. The van der Waals surface area contributed by atoms with Crippen LogP contribution in [0.25, 0.3) is 0 Å². The Kier molecular flexibility index (Phi) is 6.99. The van der Waals surface area contributed by atoms with E-state index in [2.05, 4.69) is 0 Å². The number of anilines is 1. The average Bonchev–Trinajstić information content (AvgIpc) is 2.71. The van der Waals surface area contributed by atoms with Gasteiger partial charge in [0.1, 0.15) is 6.54 Å². The molecule has 0 radical (unpaired) electrons. The fourth-order valence-electron chi connectivity index (χ4n) is 2.50. The number of hydrogen-bond donors (Lipinski definition) is 0. The van der Waals surface area contributed by atoms with Crippen LogP contribution in [0, 0.1) is 10.1 Å². The van der Waals surface area contributed by atoms with Crippen LogP contribution < -0.4 is 13.8 Å². The molecule has 0 aliphatic heterocycles. The normalized spacial score (nSPS) is 10.9. The molecule has 29 heavy (non-hydrogen) atoms. The van der Waals surface area contributed by atoms with Gasteiger partial charge in [-0.15, -0.1) is 0 Å². The molecule has 0 fully saturated rings. The SMILES string of the molecule is CCOC(=O)CN(c1cccc([N+](=O)[O-])c1)S(=O)(=O)c1ccc(OC)c(OC)c1. The molecule has 2 aromatic rings. The number of nitrogens with zero attached hydrogens (tertiary/aromatic N) is 2. The molecule has 0 heterocycles. The van der Waals surface area contributed by atoms with Gasteiger partial charge in [0, 0.05) is 18.2 Å². The average molecular weight is 424 g/mol. The van der Waals surface area contributed by atoms with Crippen molar-refractivity contribution in [3.63, 3.8) is 0 Å². The summed E-state index contributed by atoms with van der Waals surface area (Å²) in [5, 5.41) is 11.1. The molecule has 0 aromatic heterocycles. The molecule has 0 bridgehead atoms. The second-order valence-electron chi connectivity index (χ2n) is 5.61. The van der Waals surface area contributed by atoms with Crippen molar-refractivity contribution in [3.8, 4) is 11.5 Å². The molecule has 0 aliphatic rings. The van der Waals surface area contributed by atoms with E-state index in [1.165, 1.54) is 50.6 Å². The number of methoxy groups -OCH3 is 2. The van der Waals surface area contributed by atoms with Gasteiger partial charge in [-0.3, -0.25) is 19.2 Å². The lowest BCUT2D eigenvalue weighted by atomic mass is 10.3. The zero-order valence-electron chi connectivity index (χ0n) is 16.0. The highest BCUT2D eigenvalue weighted by molar-refractivity contribution is 7.92. The largest absolute Gasteiger partial charge is 0.493 e. The van der Waals surface area contributed by atoms with Crippen molar-refractivity contribution in [2.75, 3.05) is 31.7 Å². The van der Waals surface area contributed by atoms with E-state index in [-0.39, 0.29) is 28.6 Å². The van der Waals surface area contributed by atoms with Crippen molar-refractivity contribution in [2.45, 2.75) is 11.8 Å². The van der Waals surface area contributed by atoms with Gasteiger partial charge in [0.2, 0.25) is 0 Å². The Hall–Kier alpha value is -3.34. The van der Waals surface area contributed by atoms with Gasteiger partial charge in [0.15, 0.2) is 11.5 Å². The first-order valence-electron chi connectivity index (χ1n) is 8.39. The molecule has 2 rings (SSSR count). The summed E-state index contributed by atoms with van der Waals surface area (Å²) in [6.45, 7) is 0.974. The number of benzene rings is 2. The quantitative estimate of drug-likeness (QED) is 0.341. The minimum atomic E-state index is -4.29. The lowest BCUT2D eigenvalue weighted by Gasteiger charge is -2.24. The molecule has 0 spiro atoms. The summed E-state index contributed by atoms with van der Waals surface area (Å²) in [6, 6.07) is 8.89. The van der Waals surface area contributed by atoms with E-state index in [0.29, 0.717) is 5.75 Å². The second kappa shape index (κ2) is 9.24. The number of nitro groups is 1. The third kappa shape index (κ3) is 4.93. The molecule has 2 aromatic carbocycles. The molecule has 0 N–H and O–H groups in total. The van der Waals surface area contributed by atoms with Crippen molar-refractivity contribution in [1.82, 2.24) is 0 Å². The van der Waals surface area contributed by atoms with E-state index >= 15 is 0 Å². The Labute approximate surface area is 167 Å². The predicted octanol–water partition coefficient (Wildman–Crippen LogP) is 2.37. The molecular weight excluding hydrogens is 404 g/mol. The maximum atomic E-state index is 13.3. The maximum absolute atomic E-state index is 13.3. The van der Waals surface area contributed by atoms with E-state index in [0.717, 1.165) is 10.4 Å². The molecular formula is C18H20N2O8S. The third-order valence-electron chi connectivity index (χ3n) is 3.85. The van der Waals surface area contributed by atoms with Gasteiger partial charge in [-0.2, -0.15) is 0 Å². The van der Waals surface area contributed by atoms with Gasteiger partial charge in [0.25, 0.3) is 15.7 Å². The highest BCUT2D eigenvalue weighted by Crippen LogP contribution is 2.33. The summed E-state index contributed by atoms with van der Waals surface area (Å²) in [4.78, 5) is 22.3. The molecule has 0 aliphatic carbocycles. The fourth-order valence-corrected chi connectivity index (χ4v) is 3.92. The minimum absolute atomic E-state index is 0.0536. The van der Waals surface area contributed by atoms with Crippen molar-refractivity contribution in [3.05, 3.63) is 52.6 Å². The van der Waals surface area contributed by atoms with Crippen LogP contribution in [0.5, 0.6) is 11.5 Å². The highest BCUT2D eigenvalue weighted by Gasteiger charge is 2.29. The standard InChI is InChI=1S/C18H20N2O8S/c1-4-28-18(21)12-19(13-6-5-7-14(10-13)20(22)23)29(24,25)15-8-9-16(26-2)17(11-15)27-3/h5-11H,4,12H2,1-3H3. The smallest absolute Gasteiger partial charge is 0.326 e. The molecule has 0 amide bonds. The summed E-state index contributed by atoms with van der Waals surface area (Å²) in [7, 11) is -1.54. The van der Waals surface area contributed by atoms with Gasteiger partial charge in [-0.25, -0.2) is 8.42 Å². The van der Waals surface area contributed by atoms with Crippen molar-refractivity contribution in [1.29, 1.82) is 0 Å². The summed E-state index contributed by atoms with van der Waals surface area (Å²) < 4.78 is 42.4. The van der Waals surface area contributed by atoms with Crippen LogP contribution in [-0.2, 0) is 19.6 Å². The van der Waals surface area contributed by atoms with Crippen LogP contribution in [0.15, 0.2) is 47.4 Å². The number of sulfonamides is 1. The van der Waals surface area contributed by atoms with E-state index < -0.39 is 27.5 Å². The Balaban J connectivity index is 2.59. The summed E-state index contributed by atoms with van der Waals surface area (Å²) in [6.07, 6.45) is 0. The molecule has 0 saturated heterocycles. The van der Waals surface area contributed by atoms with E-state index in [4.69, 9.17) is 14.2 Å². The van der Waals surface area contributed by atoms with Crippen LogP contribution in [0.3, 0.4) is 0 Å². The van der Waals surface area contributed by atoms with Crippen molar-refractivity contribution in [2.24, 2.45) is 0 Å². The lowest BCUT2D eigenvalue weighted by molar-refractivity contribution is -0.384. The van der Waals surface area contributed by atoms with Crippen LogP contribution in [-0.4, -0.2) is 46.7 Å². The lowest BCUT2D eigenvalue weighted by Crippen LogP contribution is -2.36. The summed E-state index contributed by atoms with van der Waals surface area (Å²) in [5.74, 6) is -0.314. The van der Waals surface area contributed by atoms with Crippen LogP contribution in [0.1, 0.15) is 6.92 Å². The van der Waals surface area contributed by atoms with Gasteiger partial charge in [-0.1, -0.05) is 6.07 Å². The van der Waals surface area contributed by atoms with Gasteiger partial charge >= 0.3 is 5.97 Å². The number of esters is 1. The second-order valence-corrected chi connectivity index (χ2v) is 7.47. The van der Waals surface area contributed by atoms with Crippen LogP contribution >= 0.6 is 0 Å². The Morgan fingerprint density at radius 3 is 2.38 bits per heavy atom. The molecule has 11 heteroatoms. The van der Waals surface area contributed by atoms with E-state index in [1.54, 1.807) is 6.92 Å². The zero-order valence-corrected chi connectivity index (χ0v) is 16.8. The number of carbonyl (C=O) groups is 1. The number of non-ortho nitro benzene ring substituents is 1. The number of carbonyl (C=O) groups excluding carboxylic acids is 1. The molecule has 0 atom stereocenters. The van der Waals surface area contributed by atoms with E-state index in [9.17, 15) is 23.3 Å². The highest BCUT2D eigenvalue weighted by atomic mass is 32.2.